The summed E-state index contributed by atoms with van der Waals surface area (Å²) in [6, 6.07) is 0. The van der Waals surface area contributed by atoms with Crippen LogP contribution in [0.5, 0.6) is 0 Å². The lowest BCUT2D eigenvalue weighted by Crippen LogP contribution is -2.41. The monoisotopic (exact) mass is 230 g/mol. The average Bonchev–Trinajstić information content (AvgIpc) is 2.21. The number of rotatable bonds is 6. The van der Waals surface area contributed by atoms with Gasteiger partial charge in [-0.3, -0.25) is 14.4 Å². The van der Waals surface area contributed by atoms with Gasteiger partial charge >= 0.3 is 5.97 Å². The molecule has 0 spiro atoms. The molecule has 92 valence electrons. The summed E-state index contributed by atoms with van der Waals surface area (Å²) in [6.07, 6.45) is 0. The molecule has 0 bridgehead atoms. The van der Waals surface area contributed by atoms with Crippen LogP contribution in [0.25, 0.3) is 0 Å². The third kappa shape index (κ3) is 6.00. The molecule has 0 rings (SSSR count). The molecule has 0 heterocycles. The molecule has 0 aromatic rings. The minimum atomic E-state index is -1.12. The van der Waals surface area contributed by atoms with E-state index in [1.807, 2.05) is 13.8 Å². The summed E-state index contributed by atoms with van der Waals surface area (Å²) in [5.41, 5.74) is 0. The molecule has 0 aliphatic heterocycles. The molecule has 16 heavy (non-hydrogen) atoms. The van der Waals surface area contributed by atoms with Crippen LogP contribution in [0, 0.1) is 11.8 Å². The molecule has 6 heteroatoms. The predicted molar refractivity (Wildman–Crippen MR) is 57.7 cm³/mol. The molecule has 0 aliphatic carbocycles. The highest BCUT2D eigenvalue weighted by Crippen LogP contribution is 2.08. The van der Waals surface area contributed by atoms with Gasteiger partial charge in [-0.15, -0.1) is 0 Å². The van der Waals surface area contributed by atoms with Gasteiger partial charge in [0.05, 0.1) is 6.54 Å². The molecule has 3 N–H and O–H groups in total. The van der Waals surface area contributed by atoms with E-state index in [9.17, 15) is 14.4 Å². The fraction of sp³-hybridized carbons (Fsp3) is 0.700. The van der Waals surface area contributed by atoms with Gasteiger partial charge in [-0.1, -0.05) is 20.8 Å². The van der Waals surface area contributed by atoms with Crippen molar-refractivity contribution in [3.05, 3.63) is 0 Å². The number of carbonyl (C=O) groups excluding carboxylic acids is 2. The van der Waals surface area contributed by atoms with Crippen LogP contribution in [-0.2, 0) is 14.4 Å². The number of hydrogen-bond acceptors (Lipinski definition) is 3. The van der Waals surface area contributed by atoms with Gasteiger partial charge in [0.2, 0.25) is 11.8 Å². The highest BCUT2D eigenvalue weighted by atomic mass is 16.4. The molecule has 1 atom stereocenters. The molecule has 0 saturated carbocycles. The zero-order valence-electron chi connectivity index (χ0n) is 9.74. The van der Waals surface area contributed by atoms with Crippen molar-refractivity contribution in [3.63, 3.8) is 0 Å². The standard InChI is InChI=1S/C10H18N2O4/c1-6(2)7(3)10(16)12-4-8(13)11-5-9(14)15/h6-7H,4-5H2,1-3H3,(H,11,13)(H,12,16)(H,14,15). The van der Waals surface area contributed by atoms with E-state index in [2.05, 4.69) is 10.6 Å². The van der Waals surface area contributed by atoms with E-state index in [0.717, 1.165) is 0 Å². The average molecular weight is 230 g/mol. The van der Waals surface area contributed by atoms with E-state index in [1.54, 1.807) is 6.92 Å². The maximum absolute atomic E-state index is 11.4. The lowest BCUT2D eigenvalue weighted by Gasteiger charge is -2.14. The zero-order valence-corrected chi connectivity index (χ0v) is 9.74. The van der Waals surface area contributed by atoms with Gasteiger partial charge in [-0.2, -0.15) is 0 Å². The highest BCUT2D eigenvalue weighted by Gasteiger charge is 2.16. The largest absolute Gasteiger partial charge is 0.480 e. The number of amides is 2. The van der Waals surface area contributed by atoms with Gasteiger partial charge in [0.1, 0.15) is 6.54 Å². The van der Waals surface area contributed by atoms with Crippen molar-refractivity contribution in [3.8, 4) is 0 Å². The van der Waals surface area contributed by atoms with Gasteiger partial charge in [-0.05, 0) is 5.92 Å². The first-order chi connectivity index (χ1) is 7.34. The van der Waals surface area contributed by atoms with Crippen LogP contribution in [-0.4, -0.2) is 36.0 Å². The van der Waals surface area contributed by atoms with E-state index in [1.165, 1.54) is 0 Å². The van der Waals surface area contributed by atoms with Crippen molar-refractivity contribution in [2.45, 2.75) is 20.8 Å². The molecule has 0 fully saturated rings. The molecule has 2 amide bonds. The van der Waals surface area contributed by atoms with Gasteiger partial charge in [0.25, 0.3) is 0 Å². The summed E-state index contributed by atoms with van der Waals surface area (Å²) >= 11 is 0. The highest BCUT2D eigenvalue weighted by molar-refractivity contribution is 5.87. The number of hydrogen-bond donors (Lipinski definition) is 3. The summed E-state index contributed by atoms with van der Waals surface area (Å²) < 4.78 is 0. The van der Waals surface area contributed by atoms with Gasteiger partial charge in [0, 0.05) is 5.92 Å². The van der Waals surface area contributed by atoms with Crippen molar-refractivity contribution in [1.29, 1.82) is 0 Å². The van der Waals surface area contributed by atoms with Crippen molar-refractivity contribution in [2.75, 3.05) is 13.1 Å². The lowest BCUT2D eigenvalue weighted by molar-refractivity contribution is -0.137. The number of carbonyl (C=O) groups is 3. The van der Waals surface area contributed by atoms with Crippen LogP contribution >= 0.6 is 0 Å². The third-order valence-corrected chi connectivity index (χ3v) is 2.27. The van der Waals surface area contributed by atoms with E-state index >= 15 is 0 Å². The SMILES string of the molecule is CC(C)C(C)C(=O)NCC(=O)NCC(=O)O. The Hall–Kier alpha value is -1.59. The molecule has 6 nitrogen and oxygen atoms in total. The topological polar surface area (TPSA) is 95.5 Å². The van der Waals surface area contributed by atoms with Crippen LogP contribution in [0.15, 0.2) is 0 Å². The van der Waals surface area contributed by atoms with Crippen LogP contribution in [0.1, 0.15) is 20.8 Å². The normalized spacial score (nSPS) is 12.0. The van der Waals surface area contributed by atoms with Crippen LogP contribution in [0.3, 0.4) is 0 Å². The summed E-state index contributed by atoms with van der Waals surface area (Å²) in [5.74, 6) is -1.81. The lowest BCUT2D eigenvalue weighted by atomic mass is 9.97. The summed E-state index contributed by atoms with van der Waals surface area (Å²) in [6.45, 7) is 4.97. The second kappa shape index (κ2) is 6.81. The number of nitrogens with one attached hydrogen (secondary N) is 2. The van der Waals surface area contributed by atoms with Crippen LogP contribution < -0.4 is 10.6 Å². The second-order valence-corrected chi connectivity index (χ2v) is 3.92. The van der Waals surface area contributed by atoms with Crippen molar-refractivity contribution < 1.29 is 19.5 Å². The Morgan fingerprint density at radius 2 is 1.62 bits per heavy atom. The summed E-state index contributed by atoms with van der Waals surface area (Å²) in [7, 11) is 0. The molecule has 0 aromatic heterocycles. The molecule has 0 aliphatic rings. The Balaban J connectivity index is 3.83. The molecule has 0 aromatic carbocycles. The zero-order chi connectivity index (χ0) is 12.7. The van der Waals surface area contributed by atoms with Crippen molar-refractivity contribution in [1.82, 2.24) is 10.6 Å². The van der Waals surface area contributed by atoms with Gasteiger partial charge in [-0.25, -0.2) is 0 Å². The predicted octanol–water partition coefficient (Wildman–Crippen LogP) is -0.404. The maximum atomic E-state index is 11.4. The molecular weight excluding hydrogens is 212 g/mol. The maximum Gasteiger partial charge on any atom is 0.322 e. The Bertz CT molecular complexity index is 276. The Kier molecular flexibility index (Phi) is 6.14. The first kappa shape index (κ1) is 14.4. The number of aliphatic carboxylic acids is 1. The number of carboxylic acid groups (broad SMARTS) is 1. The molecule has 1 unspecified atom stereocenters. The first-order valence-electron chi connectivity index (χ1n) is 5.10. The van der Waals surface area contributed by atoms with E-state index in [4.69, 9.17) is 5.11 Å². The summed E-state index contributed by atoms with van der Waals surface area (Å²) in [4.78, 5) is 32.6. The van der Waals surface area contributed by atoms with E-state index in [0.29, 0.717) is 0 Å². The Labute approximate surface area is 94.4 Å². The molecule has 0 saturated heterocycles. The fourth-order valence-electron chi connectivity index (χ4n) is 0.868. The van der Waals surface area contributed by atoms with E-state index in [-0.39, 0.29) is 24.3 Å². The Morgan fingerprint density at radius 1 is 1.06 bits per heavy atom. The van der Waals surface area contributed by atoms with Crippen molar-refractivity contribution in [2.24, 2.45) is 11.8 Å². The van der Waals surface area contributed by atoms with Crippen LogP contribution in [0.2, 0.25) is 0 Å². The second-order valence-electron chi connectivity index (χ2n) is 3.92. The quantitative estimate of drug-likeness (QED) is 0.578. The minimum Gasteiger partial charge on any atom is -0.480 e. The van der Waals surface area contributed by atoms with Crippen LogP contribution in [0.4, 0.5) is 0 Å². The first-order valence-corrected chi connectivity index (χ1v) is 5.10. The van der Waals surface area contributed by atoms with E-state index < -0.39 is 18.4 Å². The van der Waals surface area contributed by atoms with Gasteiger partial charge < -0.3 is 15.7 Å². The smallest absolute Gasteiger partial charge is 0.322 e. The van der Waals surface area contributed by atoms with Gasteiger partial charge in [0.15, 0.2) is 0 Å². The molecule has 0 radical (unpaired) electrons. The van der Waals surface area contributed by atoms with Crippen molar-refractivity contribution >= 4 is 17.8 Å². The molecular formula is C10H18N2O4. The minimum absolute atomic E-state index is 0.174. The number of carboxylic acids is 1. The third-order valence-electron chi connectivity index (χ3n) is 2.27. The Morgan fingerprint density at radius 3 is 2.06 bits per heavy atom. The summed E-state index contributed by atoms with van der Waals surface area (Å²) in [5, 5.41) is 12.9. The fourth-order valence-corrected chi connectivity index (χ4v) is 0.868.